The van der Waals surface area contributed by atoms with Gasteiger partial charge in [0.1, 0.15) is 11.0 Å². The Kier molecular flexibility index (Phi) is 3.83. The smallest absolute Gasteiger partial charge is 0.163 e. The zero-order chi connectivity index (χ0) is 14.7. The van der Waals surface area contributed by atoms with Gasteiger partial charge in [0, 0.05) is 17.7 Å². The molecule has 6 heteroatoms. The van der Waals surface area contributed by atoms with Gasteiger partial charge in [-0.15, -0.1) is 0 Å². The van der Waals surface area contributed by atoms with Crippen molar-refractivity contribution < 1.29 is 4.52 Å². The monoisotopic (exact) mass is 300 g/mol. The van der Waals surface area contributed by atoms with Crippen LogP contribution in [0.25, 0.3) is 11.4 Å². The van der Waals surface area contributed by atoms with Crippen molar-refractivity contribution in [2.24, 2.45) is 0 Å². The van der Waals surface area contributed by atoms with Crippen LogP contribution in [0.2, 0.25) is 5.15 Å². The Bertz CT molecular complexity index is 742. The molecular formula is C15H13ClN4O. The van der Waals surface area contributed by atoms with Crippen LogP contribution in [0, 0.1) is 6.92 Å². The van der Waals surface area contributed by atoms with E-state index in [1.54, 1.807) is 6.07 Å². The maximum Gasteiger partial charge on any atom is 0.163 e. The fraction of sp³-hybridized carbons (Fsp3) is 0.133. The van der Waals surface area contributed by atoms with Crippen LogP contribution in [0.15, 0.2) is 47.0 Å². The van der Waals surface area contributed by atoms with Gasteiger partial charge in [0.2, 0.25) is 0 Å². The Morgan fingerprint density at radius 3 is 2.67 bits per heavy atom. The van der Waals surface area contributed by atoms with E-state index < -0.39 is 0 Å². The van der Waals surface area contributed by atoms with Crippen molar-refractivity contribution in [1.82, 2.24) is 15.1 Å². The molecule has 3 aromatic rings. The summed E-state index contributed by atoms with van der Waals surface area (Å²) in [6, 6.07) is 13.2. The minimum absolute atomic E-state index is 0.389. The first-order valence-electron chi connectivity index (χ1n) is 6.47. The Morgan fingerprint density at radius 1 is 1.14 bits per heavy atom. The van der Waals surface area contributed by atoms with Crippen molar-refractivity contribution >= 4 is 17.4 Å². The van der Waals surface area contributed by atoms with Crippen LogP contribution in [0.4, 0.5) is 5.82 Å². The van der Waals surface area contributed by atoms with Gasteiger partial charge >= 0.3 is 0 Å². The van der Waals surface area contributed by atoms with E-state index in [2.05, 4.69) is 20.4 Å². The molecule has 0 amide bonds. The SMILES string of the molecule is Cc1cc(CNc2cc(Cl)nc(-c3ccccc3)n2)on1. The molecule has 5 nitrogen and oxygen atoms in total. The van der Waals surface area contributed by atoms with E-state index >= 15 is 0 Å². The highest BCUT2D eigenvalue weighted by Gasteiger charge is 2.07. The molecule has 0 spiro atoms. The standard InChI is InChI=1S/C15H13ClN4O/c1-10-7-12(21-20-10)9-17-14-8-13(16)18-15(19-14)11-5-3-2-4-6-11/h2-8H,9H2,1H3,(H,17,18,19). The first kappa shape index (κ1) is 13.6. The molecule has 0 radical (unpaired) electrons. The van der Waals surface area contributed by atoms with Crippen molar-refractivity contribution in [3.8, 4) is 11.4 Å². The normalized spacial score (nSPS) is 10.6. The Labute approximate surface area is 127 Å². The van der Waals surface area contributed by atoms with E-state index in [1.807, 2.05) is 43.3 Å². The topological polar surface area (TPSA) is 63.8 Å². The minimum Gasteiger partial charge on any atom is -0.363 e. The van der Waals surface area contributed by atoms with Gasteiger partial charge in [0.15, 0.2) is 11.6 Å². The summed E-state index contributed by atoms with van der Waals surface area (Å²) in [5, 5.41) is 7.38. The highest BCUT2D eigenvalue weighted by atomic mass is 35.5. The Balaban J connectivity index is 1.81. The summed E-state index contributed by atoms with van der Waals surface area (Å²) in [5.41, 5.74) is 1.76. The van der Waals surface area contributed by atoms with E-state index in [1.165, 1.54) is 0 Å². The van der Waals surface area contributed by atoms with Gasteiger partial charge < -0.3 is 9.84 Å². The third-order valence-corrected chi connectivity index (χ3v) is 3.04. The highest BCUT2D eigenvalue weighted by Crippen LogP contribution is 2.20. The minimum atomic E-state index is 0.389. The summed E-state index contributed by atoms with van der Waals surface area (Å²) in [7, 11) is 0. The fourth-order valence-electron chi connectivity index (χ4n) is 1.90. The van der Waals surface area contributed by atoms with Crippen LogP contribution < -0.4 is 5.32 Å². The van der Waals surface area contributed by atoms with Crippen molar-refractivity contribution in [2.75, 3.05) is 5.32 Å². The number of halogens is 1. The van der Waals surface area contributed by atoms with Crippen LogP contribution in [0.5, 0.6) is 0 Å². The van der Waals surface area contributed by atoms with Crippen molar-refractivity contribution in [3.05, 3.63) is 59.1 Å². The lowest BCUT2D eigenvalue weighted by Crippen LogP contribution is -2.02. The van der Waals surface area contributed by atoms with Crippen molar-refractivity contribution in [1.29, 1.82) is 0 Å². The van der Waals surface area contributed by atoms with E-state index in [0.29, 0.717) is 23.3 Å². The quantitative estimate of drug-likeness (QED) is 0.744. The third-order valence-electron chi connectivity index (χ3n) is 2.85. The molecule has 0 aliphatic rings. The number of nitrogens with one attached hydrogen (secondary N) is 1. The number of aromatic nitrogens is 3. The van der Waals surface area contributed by atoms with Gasteiger partial charge in [-0.3, -0.25) is 0 Å². The second kappa shape index (κ2) is 5.93. The highest BCUT2D eigenvalue weighted by molar-refractivity contribution is 6.29. The average molecular weight is 301 g/mol. The molecule has 21 heavy (non-hydrogen) atoms. The third kappa shape index (κ3) is 3.38. The molecule has 1 N–H and O–H groups in total. The van der Waals surface area contributed by atoms with Crippen LogP contribution >= 0.6 is 11.6 Å². The molecule has 0 fully saturated rings. The molecule has 0 atom stereocenters. The Morgan fingerprint density at radius 2 is 1.95 bits per heavy atom. The van der Waals surface area contributed by atoms with Crippen LogP contribution in [0.3, 0.4) is 0 Å². The largest absolute Gasteiger partial charge is 0.363 e. The fourth-order valence-corrected chi connectivity index (χ4v) is 2.09. The van der Waals surface area contributed by atoms with Gasteiger partial charge in [0.05, 0.1) is 12.2 Å². The number of benzene rings is 1. The molecule has 106 valence electrons. The predicted molar refractivity (Wildman–Crippen MR) is 81.0 cm³/mol. The summed E-state index contributed by atoms with van der Waals surface area (Å²) >= 11 is 6.06. The number of hydrogen-bond acceptors (Lipinski definition) is 5. The van der Waals surface area contributed by atoms with E-state index in [0.717, 1.165) is 17.0 Å². The molecule has 0 saturated heterocycles. The second-order valence-corrected chi connectivity index (χ2v) is 4.94. The molecule has 0 aliphatic heterocycles. The zero-order valence-electron chi connectivity index (χ0n) is 11.4. The lowest BCUT2D eigenvalue weighted by Gasteiger charge is -2.06. The molecule has 0 unspecified atom stereocenters. The summed E-state index contributed by atoms with van der Waals surface area (Å²) < 4.78 is 5.14. The van der Waals surface area contributed by atoms with Gasteiger partial charge in [-0.2, -0.15) is 0 Å². The van der Waals surface area contributed by atoms with Crippen molar-refractivity contribution in [3.63, 3.8) is 0 Å². The Hall–Kier alpha value is -2.40. The molecule has 3 rings (SSSR count). The summed E-state index contributed by atoms with van der Waals surface area (Å²) in [4.78, 5) is 8.70. The summed E-state index contributed by atoms with van der Waals surface area (Å²) in [6.45, 7) is 2.37. The first-order valence-corrected chi connectivity index (χ1v) is 6.84. The lowest BCUT2D eigenvalue weighted by atomic mass is 10.2. The van der Waals surface area contributed by atoms with Gasteiger partial charge in [-0.1, -0.05) is 47.1 Å². The molecule has 2 aromatic heterocycles. The van der Waals surface area contributed by atoms with Crippen molar-refractivity contribution in [2.45, 2.75) is 13.5 Å². The summed E-state index contributed by atoms with van der Waals surface area (Å²) in [6.07, 6.45) is 0. The number of anilines is 1. The molecule has 0 aliphatic carbocycles. The second-order valence-electron chi connectivity index (χ2n) is 4.55. The van der Waals surface area contributed by atoms with Gasteiger partial charge in [0.25, 0.3) is 0 Å². The van der Waals surface area contributed by atoms with Crippen LogP contribution in [-0.2, 0) is 6.54 Å². The molecule has 0 saturated carbocycles. The molecule has 2 heterocycles. The first-order chi connectivity index (χ1) is 10.2. The number of hydrogen-bond donors (Lipinski definition) is 1. The van der Waals surface area contributed by atoms with Gasteiger partial charge in [-0.25, -0.2) is 9.97 Å². The lowest BCUT2D eigenvalue weighted by molar-refractivity contribution is 0.384. The van der Waals surface area contributed by atoms with E-state index in [9.17, 15) is 0 Å². The van der Waals surface area contributed by atoms with Crippen LogP contribution in [0.1, 0.15) is 11.5 Å². The molecule has 0 bridgehead atoms. The van der Waals surface area contributed by atoms with Gasteiger partial charge in [-0.05, 0) is 6.92 Å². The summed E-state index contributed by atoms with van der Waals surface area (Å²) in [5.74, 6) is 1.96. The van der Waals surface area contributed by atoms with E-state index in [-0.39, 0.29) is 0 Å². The average Bonchev–Trinajstić information content (AvgIpc) is 2.91. The van der Waals surface area contributed by atoms with Crippen LogP contribution in [-0.4, -0.2) is 15.1 Å². The predicted octanol–water partition coefficient (Wildman–Crippen LogP) is 3.71. The number of aryl methyl sites for hydroxylation is 1. The maximum absolute atomic E-state index is 6.06. The molecular weight excluding hydrogens is 288 g/mol. The van der Waals surface area contributed by atoms with E-state index in [4.69, 9.17) is 16.1 Å². The maximum atomic E-state index is 6.06. The number of rotatable bonds is 4. The zero-order valence-corrected chi connectivity index (χ0v) is 12.1. The number of nitrogens with zero attached hydrogens (tertiary/aromatic N) is 3. The molecule has 1 aromatic carbocycles.